The highest BCUT2D eigenvalue weighted by Crippen LogP contribution is 2.30. The molecule has 1 heterocycles. The van der Waals surface area contributed by atoms with E-state index in [4.69, 9.17) is 0 Å². The molecule has 1 amide bonds. The molecule has 148 valence electrons. The first-order chi connectivity index (χ1) is 13.3. The number of piperidine rings is 1. The monoisotopic (exact) mass is 383 g/mol. The summed E-state index contributed by atoms with van der Waals surface area (Å²) in [5, 5.41) is 9.35. The SMILES string of the molecule is CC(C)(C(=O)N1CCC(Cc2ccccc2C(=O)O)CC1)c1ccc(F)cc1. The van der Waals surface area contributed by atoms with E-state index in [9.17, 15) is 19.1 Å². The highest BCUT2D eigenvalue weighted by atomic mass is 19.1. The second-order valence-electron chi connectivity index (χ2n) is 8.03. The van der Waals surface area contributed by atoms with Crippen LogP contribution in [0.4, 0.5) is 4.39 Å². The maximum Gasteiger partial charge on any atom is 0.335 e. The number of carbonyl (C=O) groups excluding carboxylic acids is 1. The van der Waals surface area contributed by atoms with Gasteiger partial charge in [0.05, 0.1) is 11.0 Å². The van der Waals surface area contributed by atoms with Gasteiger partial charge in [-0.2, -0.15) is 0 Å². The molecule has 1 aliphatic heterocycles. The number of rotatable bonds is 5. The molecule has 3 rings (SSSR count). The Morgan fingerprint density at radius 1 is 1.07 bits per heavy atom. The van der Waals surface area contributed by atoms with Crippen molar-refractivity contribution in [2.45, 2.75) is 38.5 Å². The number of likely N-dealkylation sites (tertiary alicyclic amines) is 1. The number of nitrogens with zero attached hydrogens (tertiary/aromatic N) is 1. The fourth-order valence-corrected chi connectivity index (χ4v) is 3.94. The van der Waals surface area contributed by atoms with Gasteiger partial charge in [0.2, 0.25) is 5.91 Å². The van der Waals surface area contributed by atoms with Gasteiger partial charge in [-0.15, -0.1) is 0 Å². The highest BCUT2D eigenvalue weighted by molar-refractivity contribution is 5.89. The lowest BCUT2D eigenvalue weighted by Crippen LogP contribution is -2.47. The van der Waals surface area contributed by atoms with E-state index in [0.29, 0.717) is 31.0 Å². The molecular weight excluding hydrogens is 357 g/mol. The minimum absolute atomic E-state index is 0.0449. The van der Waals surface area contributed by atoms with Crippen LogP contribution in [0.1, 0.15) is 48.2 Å². The summed E-state index contributed by atoms with van der Waals surface area (Å²) < 4.78 is 13.2. The van der Waals surface area contributed by atoms with Gasteiger partial charge < -0.3 is 10.0 Å². The molecule has 5 heteroatoms. The van der Waals surface area contributed by atoms with Crippen LogP contribution in [0.3, 0.4) is 0 Å². The Bertz CT molecular complexity index is 852. The maximum atomic E-state index is 13.2. The summed E-state index contributed by atoms with van der Waals surface area (Å²) in [7, 11) is 0. The average Bonchev–Trinajstić information content (AvgIpc) is 2.68. The molecule has 0 aromatic heterocycles. The van der Waals surface area contributed by atoms with Gasteiger partial charge in [0.1, 0.15) is 5.82 Å². The van der Waals surface area contributed by atoms with Crippen LogP contribution in [0.2, 0.25) is 0 Å². The van der Waals surface area contributed by atoms with Crippen LogP contribution in [-0.4, -0.2) is 35.0 Å². The Morgan fingerprint density at radius 2 is 1.68 bits per heavy atom. The molecule has 0 saturated carbocycles. The van der Waals surface area contributed by atoms with Crippen molar-refractivity contribution in [3.63, 3.8) is 0 Å². The number of halogens is 1. The number of hydrogen-bond donors (Lipinski definition) is 1. The number of amides is 1. The van der Waals surface area contributed by atoms with E-state index < -0.39 is 11.4 Å². The van der Waals surface area contributed by atoms with Crippen LogP contribution >= 0.6 is 0 Å². The minimum atomic E-state index is -0.899. The molecule has 0 aliphatic carbocycles. The Hall–Kier alpha value is -2.69. The Balaban J connectivity index is 1.63. The van der Waals surface area contributed by atoms with Crippen molar-refractivity contribution in [3.8, 4) is 0 Å². The fraction of sp³-hybridized carbons (Fsp3) is 0.391. The van der Waals surface area contributed by atoms with Gasteiger partial charge in [0, 0.05) is 13.1 Å². The molecule has 1 saturated heterocycles. The third-order valence-electron chi connectivity index (χ3n) is 5.76. The molecule has 2 aromatic rings. The summed E-state index contributed by atoms with van der Waals surface area (Å²) in [6.45, 7) is 5.06. The summed E-state index contributed by atoms with van der Waals surface area (Å²) in [6.07, 6.45) is 2.41. The third-order valence-corrected chi connectivity index (χ3v) is 5.76. The molecule has 28 heavy (non-hydrogen) atoms. The van der Waals surface area contributed by atoms with Crippen molar-refractivity contribution in [2.24, 2.45) is 5.92 Å². The van der Waals surface area contributed by atoms with Gasteiger partial charge in [0.25, 0.3) is 0 Å². The van der Waals surface area contributed by atoms with E-state index in [1.54, 1.807) is 24.3 Å². The number of carboxylic acids is 1. The van der Waals surface area contributed by atoms with E-state index in [2.05, 4.69) is 0 Å². The first kappa shape index (κ1) is 20.1. The van der Waals surface area contributed by atoms with E-state index in [0.717, 1.165) is 24.0 Å². The molecule has 4 nitrogen and oxygen atoms in total. The number of hydrogen-bond acceptors (Lipinski definition) is 2. The Kier molecular flexibility index (Phi) is 5.82. The quantitative estimate of drug-likeness (QED) is 0.838. The second kappa shape index (κ2) is 8.13. The van der Waals surface area contributed by atoms with E-state index in [1.165, 1.54) is 12.1 Å². The molecule has 0 radical (unpaired) electrons. The molecule has 0 unspecified atom stereocenters. The van der Waals surface area contributed by atoms with E-state index in [-0.39, 0.29) is 11.7 Å². The fourth-order valence-electron chi connectivity index (χ4n) is 3.94. The van der Waals surface area contributed by atoms with Crippen LogP contribution in [0.15, 0.2) is 48.5 Å². The van der Waals surface area contributed by atoms with Crippen molar-refractivity contribution in [1.82, 2.24) is 4.90 Å². The van der Waals surface area contributed by atoms with Crippen LogP contribution < -0.4 is 0 Å². The molecule has 1 aliphatic rings. The normalized spacial score (nSPS) is 15.5. The maximum absolute atomic E-state index is 13.2. The number of carbonyl (C=O) groups is 2. The predicted molar refractivity (Wildman–Crippen MR) is 106 cm³/mol. The molecule has 1 N–H and O–H groups in total. The molecule has 2 aromatic carbocycles. The van der Waals surface area contributed by atoms with Crippen LogP contribution in [0.25, 0.3) is 0 Å². The van der Waals surface area contributed by atoms with Gasteiger partial charge in [0.15, 0.2) is 0 Å². The van der Waals surface area contributed by atoms with Crippen molar-refractivity contribution >= 4 is 11.9 Å². The van der Waals surface area contributed by atoms with Gasteiger partial charge in [-0.25, -0.2) is 9.18 Å². The second-order valence-corrected chi connectivity index (χ2v) is 8.03. The number of aromatic carboxylic acids is 1. The zero-order chi connectivity index (χ0) is 20.3. The Morgan fingerprint density at radius 3 is 2.29 bits per heavy atom. The molecule has 0 atom stereocenters. The lowest BCUT2D eigenvalue weighted by Gasteiger charge is -2.37. The highest BCUT2D eigenvalue weighted by Gasteiger charge is 2.35. The number of carboxylic acid groups (broad SMARTS) is 1. The lowest BCUT2D eigenvalue weighted by atomic mass is 9.81. The predicted octanol–water partition coefficient (Wildman–Crippen LogP) is 4.28. The van der Waals surface area contributed by atoms with E-state index in [1.807, 2.05) is 30.9 Å². The largest absolute Gasteiger partial charge is 0.478 e. The van der Waals surface area contributed by atoms with Crippen LogP contribution in [-0.2, 0) is 16.6 Å². The zero-order valence-corrected chi connectivity index (χ0v) is 16.3. The first-order valence-corrected chi connectivity index (χ1v) is 9.65. The first-order valence-electron chi connectivity index (χ1n) is 9.65. The van der Waals surface area contributed by atoms with Gasteiger partial charge in [-0.05, 0) is 68.4 Å². The topological polar surface area (TPSA) is 57.6 Å². The molecule has 0 spiro atoms. The molecular formula is C23H26FNO3. The minimum Gasteiger partial charge on any atom is -0.478 e. The summed E-state index contributed by atoms with van der Waals surface area (Å²) >= 11 is 0. The van der Waals surface area contributed by atoms with Crippen molar-refractivity contribution in [2.75, 3.05) is 13.1 Å². The van der Waals surface area contributed by atoms with Gasteiger partial charge in [-0.1, -0.05) is 30.3 Å². The van der Waals surface area contributed by atoms with Gasteiger partial charge >= 0.3 is 5.97 Å². The van der Waals surface area contributed by atoms with Crippen molar-refractivity contribution in [3.05, 3.63) is 71.0 Å². The Labute approximate surface area is 165 Å². The summed E-state index contributed by atoms with van der Waals surface area (Å²) in [6, 6.07) is 13.2. The average molecular weight is 383 g/mol. The summed E-state index contributed by atoms with van der Waals surface area (Å²) in [5.41, 5.74) is 1.30. The zero-order valence-electron chi connectivity index (χ0n) is 16.3. The number of benzene rings is 2. The van der Waals surface area contributed by atoms with Crippen molar-refractivity contribution < 1.29 is 19.1 Å². The molecule has 0 bridgehead atoms. The molecule has 1 fully saturated rings. The summed E-state index contributed by atoms with van der Waals surface area (Å²) in [4.78, 5) is 26.3. The van der Waals surface area contributed by atoms with Crippen LogP contribution in [0, 0.1) is 11.7 Å². The van der Waals surface area contributed by atoms with Gasteiger partial charge in [-0.3, -0.25) is 4.79 Å². The third kappa shape index (κ3) is 4.24. The van der Waals surface area contributed by atoms with E-state index >= 15 is 0 Å². The lowest BCUT2D eigenvalue weighted by molar-refractivity contribution is -0.137. The standard InChI is InChI=1S/C23H26FNO3/c1-23(2,18-7-9-19(24)10-8-18)22(28)25-13-11-16(12-14-25)15-17-5-3-4-6-20(17)21(26)27/h3-10,16H,11-15H2,1-2H3,(H,26,27). The summed E-state index contributed by atoms with van der Waals surface area (Å²) in [5.74, 6) is -0.805. The van der Waals surface area contributed by atoms with Crippen LogP contribution in [0.5, 0.6) is 0 Å². The smallest absolute Gasteiger partial charge is 0.335 e. The van der Waals surface area contributed by atoms with Crippen molar-refractivity contribution in [1.29, 1.82) is 0 Å².